The SMILES string of the molecule is CC1=NN(c2cccc(S(=O)(=O)NC(=O)CN)c2)C(=O)C1. The number of hydrazone groups is 1. The van der Waals surface area contributed by atoms with Crippen LogP contribution in [0.25, 0.3) is 0 Å². The zero-order valence-corrected chi connectivity index (χ0v) is 12.1. The first-order chi connectivity index (χ1) is 9.83. The van der Waals surface area contributed by atoms with E-state index < -0.39 is 22.5 Å². The number of hydrogen-bond donors (Lipinski definition) is 2. The summed E-state index contributed by atoms with van der Waals surface area (Å²) in [6, 6.07) is 5.61. The summed E-state index contributed by atoms with van der Waals surface area (Å²) in [4.78, 5) is 22.7. The molecule has 1 aliphatic heterocycles. The fourth-order valence-electron chi connectivity index (χ4n) is 1.79. The molecule has 2 rings (SSSR count). The van der Waals surface area contributed by atoms with Crippen molar-refractivity contribution in [3.8, 4) is 0 Å². The monoisotopic (exact) mass is 310 g/mol. The Morgan fingerprint density at radius 2 is 2.19 bits per heavy atom. The quantitative estimate of drug-likeness (QED) is 0.781. The Hall–Kier alpha value is -2.26. The third-order valence-corrected chi connectivity index (χ3v) is 4.09. The molecule has 0 radical (unpaired) electrons. The molecule has 1 aromatic rings. The zero-order valence-electron chi connectivity index (χ0n) is 11.2. The molecule has 1 aliphatic rings. The van der Waals surface area contributed by atoms with Crippen LogP contribution in [0.1, 0.15) is 13.3 Å². The maximum absolute atomic E-state index is 12.0. The molecular weight excluding hydrogens is 296 g/mol. The maximum Gasteiger partial charge on any atom is 0.264 e. The molecule has 1 heterocycles. The first kappa shape index (κ1) is 15.1. The number of amides is 2. The molecule has 0 saturated carbocycles. The summed E-state index contributed by atoms with van der Waals surface area (Å²) in [7, 11) is -4.02. The summed E-state index contributed by atoms with van der Waals surface area (Å²) in [5.41, 5.74) is 6.04. The minimum Gasteiger partial charge on any atom is -0.322 e. The van der Waals surface area contributed by atoms with Gasteiger partial charge in [-0.05, 0) is 25.1 Å². The molecule has 0 aromatic heterocycles. The summed E-state index contributed by atoms with van der Waals surface area (Å²) < 4.78 is 25.8. The standard InChI is InChI=1S/C12H14N4O4S/c1-8-5-12(18)16(14-8)9-3-2-4-10(6-9)21(19,20)15-11(17)7-13/h2-4,6H,5,7,13H2,1H3,(H,15,17). The van der Waals surface area contributed by atoms with Crippen LogP contribution in [-0.2, 0) is 19.6 Å². The van der Waals surface area contributed by atoms with Gasteiger partial charge in [0.25, 0.3) is 15.9 Å². The Labute approximate surface area is 121 Å². The second-order valence-electron chi connectivity index (χ2n) is 4.45. The van der Waals surface area contributed by atoms with E-state index in [-0.39, 0.29) is 17.2 Å². The first-order valence-corrected chi connectivity index (χ1v) is 7.54. The number of benzene rings is 1. The second-order valence-corrected chi connectivity index (χ2v) is 6.13. The van der Waals surface area contributed by atoms with Gasteiger partial charge in [0.2, 0.25) is 5.91 Å². The lowest BCUT2D eigenvalue weighted by atomic mass is 10.3. The van der Waals surface area contributed by atoms with E-state index in [4.69, 9.17) is 5.73 Å². The van der Waals surface area contributed by atoms with E-state index in [0.29, 0.717) is 11.4 Å². The molecule has 8 nitrogen and oxygen atoms in total. The number of hydrogen-bond acceptors (Lipinski definition) is 6. The molecule has 0 bridgehead atoms. The molecule has 0 saturated heterocycles. The number of nitrogens with one attached hydrogen (secondary N) is 1. The third kappa shape index (κ3) is 3.26. The molecule has 2 amide bonds. The summed E-state index contributed by atoms with van der Waals surface area (Å²) in [5, 5.41) is 5.18. The van der Waals surface area contributed by atoms with E-state index in [0.717, 1.165) is 5.01 Å². The number of rotatable bonds is 4. The number of nitrogens with zero attached hydrogens (tertiary/aromatic N) is 2. The Balaban J connectivity index is 2.34. The number of sulfonamides is 1. The predicted octanol–water partition coefficient (Wildman–Crippen LogP) is -0.437. The van der Waals surface area contributed by atoms with E-state index >= 15 is 0 Å². The zero-order chi connectivity index (χ0) is 15.6. The molecule has 0 spiro atoms. The highest BCUT2D eigenvalue weighted by Crippen LogP contribution is 2.23. The van der Waals surface area contributed by atoms with Crippen molar-refractivity contribution >= 4 is 33.2 Å². The molecule has 0 fully saturated rings. The minimum absolute atomic E-state index is 0.144. The molecular formula is C12H14N4O4S. The van der Waals surface area contributed by atoms with E-state index in [2.05, 4.69) is 5.10 Å². The maximum atomic E-state index is 12.0. The second kappa shape index (κ2) is 5.62. The van der Waals surface area contributed by atoms with Crippen LogP contribution in [0.5, 0.6) is 0 Å². The molecule has 0 aliphatic carbocycles. The average Bonchev–Trinajstić information content (AvgIpc) is 2.77. The molecule has 1 aromatic carbocycles. The van der Waals surface area contributed by atoms with Crippen molar-refractivity contribution in [1.82, 2.24) is 4.72 Å². The van der Waals surface area contributed by atoms with Gasteiger partial charge in [-0.3, -0.25) is 9.59 Å². The lowest BCUT2D eigenvalue weighted by Gasteiger charge is -2.13. The van der Waals surface area contributed by atoms with Crippen molar-refractivity contribution in [2.24, 2.45) is 10.8 Å². The number of nitrogens with two attached hydrogens (primary N) is 1. The van der Waals surface area contributed by atoms with Gasteiger partial charge in [0.15, 0.2) is 0 Å². The van der Waals surface area contributed by atoms with Gasteiger partial charge in [0.05, 0.1) is 23.5 Å². The van der Waals surface area contributed by atoms with E-state index in [1.807, 2.05) is 4.72 Å². The smallest absolute Gasteiger partial charge is 0.264 e. The largest absolute Gasteiger partial charge is 0.322 e. The summed E-state index contributed by atoms with van der Waals surface area (Å²) in [6.45, 7) is 1.27. The summed E-state index contributed by atoms with van der Waals surface area (Å²) in [6.07, 6.45) is 0.195. The molecule has 9 heteroatoms. The molecule has 3 N–H and O–H groups in total. The molecule has 0 atom stereocenters. The Morgan fingerprint density at radius 3 is 2.76 bits per heavy atom. The van der Waals surface area contributed by atoms with Crippen LogP contribution in [0.3, 0.4) is 0 Å². The highest BCUT2D eigenvalue weighted by Gasteiger charge is 2.24. The van der Waals surface area contributed by atoms with Crippen LogP contribution in [0, 0.1) is 0 Å². The van der Waals surface area contributed by atoms with Gasteiger partial charge in [0.1, 0.15) is 0 Å². The van der Waals surface area contributed by atoms with Crippen molar-refractivity contribution < 1.29 is 18.0 Å². The first-order valence-electron chi connectivity index (χ1n) is 6.06. The van der Waals surface area contributed by atoms with Crippen molar-refractivity contribution in [3.05, 3.63) is 24.3 Å². The summed E-state index contributed by atoms with van der Waals surface area (Å²) >= 11 is 0. The van der Waals surface area contributed by atoms with Crippen LogP contribution in [0.4, 0.5) is 5.69 Å². The highest BCUT2D eigenvalue weighted by atomic mass is 32.2. The van der Waals surface area contributed by atoms with E-state index in [1.165, 1.54) is 18.2 Å². The lowest BCUT2D eigenvalue weighted by molar-refractivity contribution is -0.118. The van der Waals surface area contributed by atoms with Crippen molar-refractivity contribution in [2.45, 2.75) is 18.2 Å². The van der Waals surface area contributed by atoms with Gasteiger partial charge in [-0.2, -0.15) is 5.10 Å². The normalized spacial score (nSPS) is 15.0. The van der Waals surface area contributed by atoms with Crippen LogP contribution in [-0.4, -0.2) is 32.5 Å². The van der Waals surface area contributed by atoms with Gasteiger partial charge in [-0.15, -0.1) is 0 Å². The third-order valence-electron chi connectivity index (χ3n) is 2.72. The summed E-state index contributed by atoms with van der Waals surface area (Å²) in [5.74, 6) is -1.06. The topological polar surface area (TPSA) is 122 Å². The van der Waals surface area contributed by atoms with Crippen molar-refractivity contribution in [2.75, 3.05) is 11.6 Å². The van der Waals surface area contributed by atoms with E-state index in [9.17, 15) is 18.0 Å². The van der Waals surface area contributed by atoms with Crippen molar-refractivity contribution in [1.29, 1.82) is 0 Å². The van der Waals surface area contributed by atoms with Gasteiger partial charge < -0.3 is 5.73 Å². The van der Waals surface area contributed by atoms with Gasteiger partial charge >= 0.3 is 0 Å². The Kier molecular flexibility index (Phi) is 4.05. The molecule has 0 unspecified atom stereocenters. The average molecular weight is 310 g/mol. The van der Waals surface area contributed by atoms with Crippen LogP contribution in [0.2, 0.25) is 0 Å². The number of anilines is 1. The fourth-order valence-corrected chi connectivity index (χ4v) is 2.82. The predicted molar refractivity (Wildman–Crippen MR) is 76.0 cm³/mol. The van der Waals surface area contributed by atoms with E-state index in [1.54, 1.807) is 13.0 Å². The van der Waals surface area contributed by atoms with Gasteiger partial charge in [0, 0.05) is 5.71 Å². The molecule has 21 heavy (non-hydrogen) atoms. The number of carbonyl (C=O) groups excluding carboxylic acids is 2. The highest BCUT2D eigenvalue weighted by molar-refractivity contribution is 7.90. The van der Waals surface area contributed by atoms with Crippen molar-refractivity contribution in [3.63, 3.8) is 0 Å². The van der Waals surface area contributed by atoms with Crippen LogP contribution < -0.4 is 15.5 Å². The van der Waals surface area contributed by atoms with Crippen LogP contribution >= 0.6 is 0 Å². The lowest BCUT2D eigenvalue weighted by Crippen LogP contribution is -2.35. The Morgan fingerprint density at radius 1 is 1.48 bits per heavy atom. The minimum atomic E-state index is -4.02. The van der Waals surface area contributed by atoms with Crippen LogP contribution in [0.15, 0.2) is 34.3 Å². The number of carbonyl (C=O) groups is 2. The Bertz CT molecular complexity index is 727. The fraction of sp³-hybridized carbons (Fsp3) is 0.250. The van der Waals surface area contributed by atoms with Gasteiger partial charge in [-0.25, -0.2) is 18.1 Å². The van der Waals surface area contributed by atoms with Gasteiger partial charge in [-0.1, -0.05) is 6.07 Å². The molecule has 112 valence electrons.